The van der Waals surface area contributed by atoms with E-state index in [0.717, 1.165) is 25.0 Å². The lowest BCUT2D eigenvalue weighted by molar-refractivity contribution is -0.150. The zero-order chi connectivity index (χ0) is 34.9. The first kappa shape index (κ1) is 37.0. The van der Waals surface area contributed by atoms with E-state index in [9.17, 15) is 14.7 Å². The number of nitrogens with zero attached hydrogens (tertiary/aromatic N) is 3. The second-order valence-electron chi connectivity index (χ2n) is 15.4. The highest BCUT2D eigenvalue weighted by atomic mass is 32.2. The van der Waals surface area contributed by atoms with Crippen LogP contribution in [0.1, 0.15) is 81.1 Å². The normalized spacial score (nSPS) is 26.5. The van der Waals surface area contributed by atoms with Crippen LogP contribution >= 0.6 is 11.8 Å². The van der Waals surface area contributed by atoms with Gasteiger partial charge >= 0.3 is 0 Å². The molecule has 2 bridgehead atoms. The summed E-state index contributed by atoms with van der Waals surface area (Å²) in [7, 11) is 0. The number of hydrogen-bond acceptors (Lipinski definition) is 6. The number of amides is 3. The van der Waals surface area contributed by atoms with E-state index in [2.05, 4.69) is 47.8 Å². The number of aliphatic hydroxyl groups is 1. The SMILES string of the molecule is C=CCN(C(=O)[C@@H]1[C@H]2C(=O)N([C@@H](CO)[C@@H](C)CC)C(C(=O)N(CC=C)C(C)(C)CC(C)(C)C)C23CC[C@H]1S3)c1ccc(OCC)cc1. The number of carbonyl (C=O) groups is 3. The van der Waals surface area contributed by atoms with Gasteiger partial charge in [-0.3, -0.25) is 14.4 Å². The molecular formula is C38H57N3O5S. The van der Waals surface area contributed by atoms with Crippen molar-refractivity contribution in [2.24, 2.45) is 23.2 Å². The molecule has 2 unspecified atom stereocenters. The largest absolute Gasteiger partial charge is 0.494 e. The fraction of sp³-hybridized carbons (Fsp3) is 0.658. The summed E-state index contributed by atoms with van der Waals surface area (Å²) in [5.74, 6) is -1.02. The standard InChI is InChI=1S/C38H57N3O5S/c1-11-21-39(26-15-17-27(18-16-26)46-14-4)33(43)30-29-19-20-38(47-29)31(30)34(44)41(28(23-42)25(5)13-3)32(38)35(45)40(22-12-2)37(9,10)24-36(6,7)8/h11-12,15-18,25,28-32,42H,1-2,13-14,19-24H2,3-10H3/t25-,28-,29+,30-,31-,32?,38?/m0/s1. The number of anilines is 1. The van der Waals surface area contributed by atoms with Crippen LogP contribution in [-0.4, -0.2) is 86.6 Å². The van der Waals surface area contributed by atoms with Crippen molar-refractivity contribution in [3.63, 3.8) is 0 Å². The first-order valence-corrected chi connectivity index (χ1v) is 18.2. The summed E-state index contributed by atoms with van der Waals surface area (Å²) in [6.07, 6.45) is 6.36. The van der Waals surface area contributed by atoms with Crippen LogP contribution in [0.5, 0.6) is 5.75 Å². The molecule has 9 heteroatoms. The summed E-state index contributed by atoms with van der Waals surface area (Å²) < 4.78 is 4.86. The highest BCUT2D eigenvalue weighted by Gasteiger charge is 2.75. The van der Waals surface area contributed by atoms with E-state index >= 15 is 4.79 Å². The molecule has 4 rings (SSSR count). The molecule has 0 saturated carbocycles. The fourth-order valence-electron chi connectivity index (χ4n) is 8.65. The molecule has 3 aliphatic rings. The van der Waals surface area contributed by atoms with Gasteiger partial charge in [0, 0.05) is 29.6 Å². The molecule has 0 radical (unpaired) electrons. The van der Waals surface area contributed by atoms with Gasteiger partial charge in [0.15, 0.2) is 0 Å². The van der Waals surface area contributed by atoms with E-state index in [-0.39, 0.29) is 40.9 Å². The molecule has 7 atom stereocenters. The Morgan fingerprint density at radius 1 is 1.11 bits per heavy atom. The first-order valence-electron chi connectivity index (χ1n) is 17.3. The lowest BCUT2D eigenvalue weighted by Crippen LogP contribution is -2.62. The van der Waals surface area contributed by atoms with E-state index < -0.39 is 34.2 Å². The third kappa shape index (κ3) is 6.89. The maximum Gasteiger partial charge on any atom is 0.247 e. The number of rotatable bonds is 15. The van der Waals surface area contributed by atoms with Crippen molar-refractivity contribution in [1.29, 1.82) is 0 Å². The predicted molar refractivity (Wildman–Crippen MR) is 192 cm³/mol. The number of likely N-dealkylation sites (tertiary alicyclic amines) is 1. The van der Waals surface area contributed by atoms with Crippen LogP contribution in [0.3, 0.4) is 0 Å². The molecule has 47 heavy (non-hydrogen) atoms. The monoisotopic (exact) mass is 667 g/mol. The van der Waals surface area contributed by atoms with Gasteiger partial charge in [-0.05, 0) is 75.6 Å². The molecule has 1 spiro atoms. The number of ether oxygens (including phenoxy) is 1. The molecule has 3 heterocycles. The van der Waals surface area contributed by atoms with Crippen molar-refractivity contribution in [1.82, 2.24) is 9.80 Å². The molecule has 260 valence electrons. The minimum absolute atomic E-state index is 0.0395. The zero-order valence-electron chi connectivity index (χ0n) is 29.8. The van der Waals surface area contributed by atoms with Crippen LogP contribution in [0.2, 0.25) is 0 Å². The summed E-state index contributed by atoms with van der Waals surface area (Å²) in [4.78, 5) is 50.1. The Morgan fingerprint density at radius 2 is 1.74 bits per heavy atom. The fourth-order valence-corrected chi connectivity index (χ4v) is 10.8. The Morgan fingerprint density at radius 3 is 2.28 bits per heavy atom. The molecule has 3 saturated heterocycles. The zero-order valence-corrected chi connectivity index (χ0v) is 30.6. The van der Waals surface area contributed by atoms with Crippen molar-refractivity contribution < 1.29 is 24.2 Å². The number of aliphatic hydroxyl groups excluding tert-OH is 1. The molecule has 3 aliphatic heterocycles. The maximum absolute atomic E-state index is 15.2. The second kappa shape index (κ2) is 14.4. The summed E-state index contributed by atoms with van der Waals surface area (Å²) in [6, 6.07) is 6.10. The third-order valence-corrected chi connectivity index (χ3v) is 12.4. The minimum Gasteiger partial charge on any atom is -0.494 e. The van der Waals surface area contributed by atoms with Gasteiger partial charge in [0.2, 0.25) is 17.7 Å². The van der Waals surface area contributed by atoms with Crippen LogP contribution < -0.4 is 9.64 Å². The molecule has 1 aromatic carbocycles. The molecule has 0 aliphatic carbocycles. The molecule has 3 amide bonds. The van der Waals surface area contributed by atoms with E-state index in [4.69, 9.17) is 4.74 Å². The van der Waals surface area contributed by atoms with Gasteiger partial charge in [-0.2, -0.15) is 0 Å². The quantitative estimate of drug-likeness (QED) is 0.220. The Labute approximate surface area is 287 Å². The van der Waals surface area contributed by atoms with Crippen molar-refractivity contribution in [2.45, 2.75) is 109 Å². The summed E-state index contributed by atoms with van der Waals surface area (Å²) >= 11 is 1.67. The maximum atomic E-state index is 15.2. The Hall–Kier alpha value is -2.78. The average molecular weight is 668 g/mol. The second-order valence-corrected chi connectivity index (χ2v) is 17.0. The molecule has 8 nitrogen and oxygen atoms in total. The van der Waals surface area contributed by atoms with E-state index in [1.807, 2.05) is 49.9 Å². The number of carbonyl (C=O) groups excluding carboxylic acids is 3. The summed E-state index contributed by atoms with van der Waals surface area (Å²) in [5, 5.41) is 10.7. The predicted octanol–water partition coefficient (Wildman–Crippen LogP) is 6.33. The van der Waals surface area contributed by atoms with Crippen LogP contribution in [0.25, 0.3) is 0 Å². The highest BCUT2D eigenvalue weighted by Crippen LogP contribution is 2.67. The Balaban J connectivity index is 1.82. The minimum atomic E-state index is -0.795. The number of fused-ring (bicyclic) bond motifs is 1. The average Bonchev–Trinajstić information content (AvgIpc) is 3.65. The third-order valence-electron chi connectivity index (χ3n) is 10.4. The Bertz CT molecular complexity index is 1320. The lowest BCUT2D eigenvalue weighted by atomic mass is 9.70. The summed E-state index contributed by atoms with van der Waals surface area (Å²) in [6.45, 7) is 25.5. The van der Waals surface area contributed by atoms with Crippen LogP contribution in [0, 0.1) is 23.2 Å². The number of benzene rings is 1. The van der Waals surface area contributed by atoms with E-state index in [1.165, 1.54) is 0 Å². The van der Waals surface area contributed by atoms with Crippen molar-refractivity contribution >= 4 is 35.2 Å². The van der Waals surface area contributed by atoms with Gasteiger partial charge < -0.3 is 24.5 Å². The van der Waals surface area contributed by atoms with Crippen LogP contribution in [0.4, 0.5) is 5.69 Å². The van der Waals surface area contributed by atoms with Gasteiger partial charge in [0.1, 0.15) is 11.8 Å². The summed E-state index contributed by atoms with van der Waals surface area (Å²) in [5.41, 5.74) is 0.139. The number of thioether (sulfide) groups is 1. The highest BCUT2D eigenvalue weighted by molar-refractivity contribution is 8.02. The van der Waals surface area contributed by atoms with Gasteiger partial charge in [-0.25, -0.2) is 0 Å². The molecule has 0 aromatic heterocycles. The van der Waals surface area contributed by atoms with Crippen molar-refractivity contribution in [3.8, 4) is 5.75 Å². The van der Waals surface area contributed by atoms with Crippen LogP contribution in [-0.2, 0) is 14.4 Å². The van der Waals surface area contributed by atoms with Gasteiger partial charge in [-0.15, -0.1) is 24.9 Å². The molecule has 1 aromatic rings. The lowest BCUT2D eigenvalue weighted by Gasteiger charge is -2.47. The van der Waals surface area contributed by atoms with Crippen molar-refractivity contribution in [2.75, 3.05) is 31.2 Å². The van der Waals surface area contributed by atoms with Crippen molar-refractivity contribution in [3.05, 3.63) is 49.6 Å². The van der Waals surface area contributed by atoms with E-state index in [1.54, 1.807) is 33.7 Å². The van der Waals surface area contributed by atoms with Gasteiger partial charge in [-0.1, -0.05) is 53.2 Å². The molecule has 3 fully saturated rings. The molecular weight excluding hydrogens is 611 g/mol. The van der Waals surface area contributed by atoms with Gasteiger partial charge in [0.25, 0.3) is 0 Å². The topological polar surface area (TPSA) is 90.4 Å². The van der Waals surface area contributed by atoms with Crippen LogP contribution in [0.15, 0.2) is 49.6 Å². The first-order chi connectivity index (χ1) is 22.1. The molecule has 1 N–H and O–H groups in total. The van der Waals surface area contributed by atoms with E-state index in [0.29, 0.717) is 31.8 Å². The number of hydrogen-bond donors (Lipinski definition) is 1. The Kier molecular flexibility index (Phi) is 11.3. The smallest absolute Gasteiger partial charge is 0.247 e. The van der Waals surface area contributed by atoms with Gasteiger partial charge in [0.05, 0.1) is 35.8 Å².